The Morgan fingerprint density at radius 1 is 0.538 bits per heavy atom. The van der Waals surface area contributed by atoms with Crippen molar-refractivity contribution >= 4 is 21.8 Å². The molecule has 8 rings (SSSR count). The number of alkyl halides is 3. The van der Waals surface area contributed by atoms with E-state index in [1.807, 2.05) is 95.7 Å². The number of rotatable bonds is 6. The molecular formula is C45H34F3N3O. The first-order valence-electron chi connectivity index (χ1n) is 17.0. The van der Waals surface area contributed by atoms with Gasteiger partial charge in [-0.3, -0.25) is 9.97 Å². The van der Waals surface area contributed by atoms with Gasteiger partial charge in [0, 0.05) is 40.0 Å². The molecule has 52 heavy (non-hydrogen) atoms. The van der Waals surface area contributed by atoms with E-state index < -0.39 is 11.7 Å². The molecular weight excluding hydrogens is 656 g/mol. The third kappa shape index (κ3) is 6.30. The summed E-state index contributed by atoms with van der Waals surface area (Å²) in [6.45, 7) is 6.55. The van der Waals surface area contributed by atoms with Gasteiger partial charge in [-0.2, -0.15) is 13.2 Å². The number of hydrogen-bond acceptors (Lipinski definition) is 3. The van der Waals surface area contributed by atoms with Gasteiger partial charge in [-0.25, -0.2) is 0 Å². The van der Waals surface area contributed by atoms with E-state index in [0.29, 0.717) is 39.0 Å². The molecule has 5 aromatic carbocycles. The van der Waals surface area contributed by atoms with Gasteiger partial charge in [-0.15, -0.1) is 0 Å². The molecule has 0 atom stereocenters. The maximum absolute atomic E-state index is 13.9. The van der Waals surface area contributed by atoms with Crippen molar-refractivity contribution in [2.45, 2.75) is 32.4 Å². The van der Waals surface area contributed by atoms with Crippen LogP contribution in [0, 0.1) is 0 Å². The van der Waals surface area contributed by atoms with Crippen LogP contribution in [0.3, 0.4) is 0 Å². The Hall–Kier alpha value is -6.21. The van der Waals surface area contributed by atoms with Crippen LogP contribution >= 0.6 is 0 Å². The smallest absolute Gasteiger partial charge is 0.416 e. The van der Waals surface area contributed by atoms with Crippen LogP contribution in [0.4, 0.5) is 13.2 Å². The fraction of sp³-hybridized carbons (Fsp3) is 0.111. The zero-order valence-electron chi connectivity index (χ0n) is 28.8. The number of ether oxygens (including phenoxy) is 1. The summed E-state index contributed by atoms with van der Waals surface area (Å²) in [6.07, 6.45) is -0.976. The van der Waals surface area contributed by atoms with E-state index in [2.05, 4.69) is 51.1 Å². The van der Waals surface area contributed by atoms with Crippen LogP contribution < -0.4 is 4.74 Å². The lowest BCUT2D eigenvalue weighted by Gasteiger charge is -2.19. The van der Waals surface area contributed by atoms with Gasteiger partial charge >= 0.3 is 6.18 Å². The van der Waals surface area contributed by atoms with Gasteiger partial charge in [-0.1, -0.05) is 81.4 Å². The largest absolute Gasteiger partial charge is 0.457 e. The van der Waals surface area contributed by atoms with E-state index in [-0.39, 0.29) is 5.41 Å². The van der Waals surface area contributed by atoms with Gasteiger partial charge in [0.1, 0.15) is 11.5 Å². The summed E-state index contributed by atoms with van der Waals surface area (Å²) in [5, 5.41) is 1.17. The summed E-state index contributed by atoms with van der Waals surface area (Å²) in [5.74, 6) is 1.23. The molecule has 0 aliphatic rings. The lowest BCUT2D eigenvalue weighted by molar-refractivity contribution is -0.137. The SMILES string of the molecule is CC(C)(C)c1ccnc(-c2cc(Oc3cccc(-c4nccc5c6cc(C(F)(F)F)ccc6n(-c6ccccc6)c45)c3)cc(-c3ccccc3)c2)c1. The highest BCUT2D eigenvalue weighted by Gasteiger charge is 2.31. The molecule has 0 unspecified atom stereocenters. The maximum Gasteiger partial charge on any atom is 0.416 e. The van der Waals surface area contributed by atoms with E-state index >= 15 is 0 Å². The van der Waals surface area contributed by atoms with Crippen molar-refractivity contribution in [1.82, 2.24) is 14.5 Å². The van der Waals surface area contributed by atoms with Crippen LogP contribution in [0.2, 0.25) is 0 Å². The van der Waals surface area contributed by atoms with E-state index in [0.717, 1.165) is 39.7 Å². The third-order valence-electron chi connectivity index (χ3n) is 9.30. The van der Waals surface area contributed by atoms with Gasteiger partial charge in [0.2, 0.25) is 0 Å². The normalized spacial score (nSPS) is 12.0. The molecule has 8 aromatic rings. The van der Waals surface area contributed by atoms with Crippen molar-refractivity contribution in [2.75, 3.05) is 0 Å². The predicted octanol–water partition coefficient (Wildman–Crippen LogP) is 12.7. The molecule has 3 heterocycles. The number of pyridine rings is 2. The number of fused-ring (bicyclic) bond motifs is 3. The minimum Gasteiger partial charge on any atom is -0.457 e. The zero-order valence-corrected chi connectivity index (χ0v) is 28.8. The molecule has 0 spiro atoms. The topological polar surface area (TPSA) is 39.9 Å². The summed E-state index contributed by atoms with van der Waals surface area (Å²) in [6, 6.07) is 43.4. The van der Waals surface area contributed by atoms with Crippen molar-refractivity contribution in [2.24, 2.45) is 0 Å². The lowest BCUT2D eigenvalue weighted by atomic mass is 9.87. The number of hydrogen-bond donors (Lipinski definition) is 0. The molecule has 0 radical (unpaired) electrons. The second-order valence-corrected chi connectivity index (χ2v) is 13.9. The Balaban J connectivity index is 1.26. The molecule has 0 fully saturated rings. The molecule has 0 amide bonds. The van der Waals surface area contributed by atoms with Crippen LogP contribution in [-0.4, -0.2) is 14.5 Å². The van der Waals surface area contributed by atoms with Crippen molar-refractivity contribution < 1.29 is 17.9 Å². The standard InChI is InChI=1S/C45H34F3N3O/c1-44(2,3)33-19-21-49-40(28-33)32-23-31(29-11-6-4-7-12-29)25-37(26-32)52-36-16-10-13-30(24-36)42-43-38(20-22-50-42)39-27-34(45(46,47)48)17-18-41(39)51(43)35-14-8-5-9-15-35/h4-28H,1-3H3. The minimum absolute atomic E-state index is 0.0434. The van der Waals surface area contributed by atoms with Gasteiger partial charge in [0.15, 0.2) is 0 Å². The van der Waals surface area contributed by atoms with Crippen molar-refractivity contribution in [3.63, 3.8) is 0 Å². The first-order valence-corrected chi connectivity index (χ1v) is 17.0. The summed E-state index contributed by atoms with van der Waals surface area (Å²) in [4.78, 5) is 9.54. The summed E-state index contributed by atoms with van der Waals surface area (Å²) in [5.41, 5.74) is 7.83. The van der Waals surface area contributed by atoms with Crippen molar-refractivity contribution in [3.8, 4) is 50.8 Å². The highest BCUT2D eigenvalue weighted by molar-refractivity contribution is 6.13. The molecule has 0 aliphatic carbocycles. The molecule has 7 heteroatoms. The highest BCUT2D eigenvalue weighted by Crippen LogP contribution is 2.41. The number of benzene rings is 5. The Morgan fingerprint density at radius 2 is 1.23 bits per heavy atom. The molecule has 0 saturated heterocycles. The molecule has 0 N–H and O–H groups in total. The van der Waals surface area contributed by atoms with E-state index in [9.17, 15) is 13.2 Å². The van der Waals surface area contributed by atoms with Crippen LogP contribution in [0.5, 0.6) is 11.5 Å². The van der Waals surface area contributed by atoms with E-state index in [1.54, 1.807) is 12.3 Å². The fourth-order valence-electron chi connectivity index (χ4n) is 6.70. The lowest BCUT2D eigenvalue weighted by Crippen LogP contribution is -2.11. The minimum atomic E-state index is -4.47. The Bertz CT molecular complexity index is 2570. The molecule has 0 aliphatic heterocycles. The highest BCUT2D eigenvalue weighted by atomic mass is 19.4. The first kappa shape index (κ1) is 33.0. The number of nitrogens with zero attached hydrogens (tertiary/aromatic N) is 3. The van der Waals surface area contributed by atoms with Crippen molar-refractivity contribution in [1.29, 1.82) is 0 Å². The fourth-order valence-corrected chi connectivity index (χ4v) is 6.70. The average molecular weight is 690 g/mol. The van der Waals surface area contributed by atoms with Gasteiger partial charge in [0.05, 0.1) is 28.0 Å². The number of aromatic nitrogens is 3. The Kier molecular flexibility index (Phi) is 8.14. The average Bonchev–Trinajstić information content (AvgIpc) is 3.49. The maximum atomic E-state index is 13.9. The van der Waals surface area contributed by atoms with Crippen LogP contribution in [0.1, 0.15) is 31.9 Å². The van der Waals surface area contributed by atoms with Gasteiger partial charge < -0.3 is 9.30 Å². The summed E-state index contributed by atoms with van der Waals surface area (Å²) in [7, 11) is 0. The van der Waals surface area contributed by atoms with Crippen LogP contribution in [0.25, 0.3) is 61.1 Å². The number of halogens is 3. The second kappa shape index (κ2) is 12.8. The van der Waals surface area contributed by atoms with Crippen LogP contribution in [-0.2, 0) is 11.6 Å². The van der Waals surface area contributed by atoms with Gasteiger partial charge in [0.25, 0.3) is 0 Å². The molecule has 256 valence electrons. The quantitative estimate of drug-likeness (QED) is 0.174. The Morgan fingerprint density at radius 3 is 1.98 bits per heavy atom. The molecule has 0 bridgehead atoms. The monoisotopic (exact) mass is 689 g/mol. The van der Waals surface area contributed by atoms with E-state index in [1.165, 1.54) is 17.7 Å². The van der Waals surface area contributed by atoms with Crippen LogP contribution in [0.15, 0.2) is 152 Å². The Labute approximate surface area is 299 Å². The molecule has 3 aromatic heterocycles. The molecule has 0 saturated carbocycles. The third-order valence-corrected chi connectivity index (χ3v) is 9.30. The van der Waals surface area contributed by atoms with Crippen molar-refractivity contribution in [3.05, 3.63) is 163 Å². The summed E-state index contributed by atoms with van der Waals surface area (Å²) < 4.78 is 50.2. The first-order chi connectivity index (χ1) is 25.0. The van der Waals surface area contributed by atoms with E-state index in [4.69, 9.17) is 14.7 Å². The number of para-hydroxylation sites is 1. The predicted molar refractivity (Wildman–Crippen MR) is 203 cm³/mol. The van der Waals surface area contributed by atoms with Gasteiger partial charge in [-0.05, 0) is 101 Å². The molecule has 4 nitrogen and oxygen atoms in total. The summed E-state index contributed by atoms with van der Waals surface area (Å²) >= 11 is 0. The zero-order chi connectivity index (χ0) is 36.0. The second-order valence-electron chi connectivity index (χ2n) is 13.9.